The lowest BCUT2D eigenvalue weighted by Crippen LogP contribution is -2.09. The Balaban J connectivity index is 2.07. The van der Waals surface area contributed by atoms with Crippen LogP contribution in [0.3, 0.4) is 0 Å². The van der Waals surface area contributed by atoms with Gasteiger partial charge in [-0.25, -0.2) is 18.2 Å². The summed E-state index contributed by atoms with van der Waals surface area (Å²) in [5.41, 5.74) is 0.620. The quantitative estimate of drug-likeness (QED) is 0.866. The molecule has 1 heterocycles. The fraction of sp³-hybridized carbons (Fsp3) is 0.308. The number of hydrogen-bond donors (Lipinski definition) is 1. The Morgan fingerprint density at radius 2 is 1.84 bits per heavy atom. The molecule has 100 valence electrons. The zero-order valence-corrected chi connectivity index (χ0v) is 10.3. The van der Waals surface area contributed by atoms with E-state index in [-0.39, 0.29) is 5.69 Å². The van der Waals surface area contributed by atoms with Gasteiger partial charge in [-0.3, -0.25) is 4.57 Å². The molecule has 0 radical (unpaired) electrons. The number of benzene rings is 1. The van der Waals surface area contributed by atoms with Crippen LogP contribution in [-0.4, -0.2) is 15.6 Å². The average Bonchev–Trinajstić information content (AvgIpc) is 3.07. The number of imidazole rings is 1. The molecule has 19 heavy (non-hydrogen) atoms. The fourth-order valence-corrected chi connectivity index (χ4v) is 1.89. The number of nitrogens with zero attached hydrogens (tertiary/aromatic N) is 2. The minimum absolute atomic E-state index is 0.0531. The highest BCUT2D eigenvalue weighted by atomic mass is 19.2. The Labute approximate surface area is 108 Å². The van der Waals surface area contributed by atoms with Crippen LogP contribution in [0.4, 0.5) is 19.1 Å². The monoisotopic (exact) mass is 267 g/mol. The van der Waals surface area contributed by atoms with Crippen molar-refractivity contribution in [2.75, 3.05) is 5.32 Å². The number of rotatable bonds is 3. The second-order valence-corrected chi connectivity index (χ2v) is 4.71. The van der Waals surface area contributed by atoms with Crippen molar-refractivity contribution in [3.8, 4) is 5.69 Å². The smallest absolute Gasteiger partial charge is 0.208 e. The maximum atomic E-state index is 13.8. The van der Waals surface area contributed by atoms with Crippen LogP contribution in [0.5, 0.6) is 0 Å². The van der Waals surface area contributed by atoms with Crippen LogP contribution in [0.1, 0.15) is 18.5 Å². The first kappa shape index (κ1) is 12.1. The standard InChI is InChI=1S/C13H12F3N3/c1-7-6-19(13(17-7)18-8-2-3-8)12-5-10(15)9(14)4-11(12)16/h4-6,8H,2-3H2,1H3,(H,17,18). The van der Waals surface area contributed by atoms with Crippen molar-refractivity contribution in [2.24, 2.45) is 0 Å². The number of aromatic nitrogens is 2. The predicted octanol–water partition coefficient (Wildman–Crippen LogP) is 3.17. The van der Waals surface area contributed by atoms with Crippen molar-refractivity contribution in [3.05, 3.63) is 41.5 Å². The van der Waals surface area contributed by atoms with E-state index in [2.05, 4.69) is 10.3 Å². The molecule has 0 atom stereocenters. The van der Waals surface area contributed by atoms with Crippen molar-refractivity contribution < 1.29 is 13.2 Å². The largest absolute Gasteiger partial charge is 0.353 e. The molecule has 0 unspecified atom stereocenters. The van der Waals surface area contributed by atoms with Gasteiger partial charge in [-0.05, 0) is 19.8 Å². The van der Waals surface area contributed by atoms with Gasteiger partial charge in [0.2, 0.25) is 5.95 Å². The van der Waals surface area contributed by atoms with Gasteiger partial charge in [0.25, 0.3) is 0 Å². The minimum atomic E-state index is -1.20. The zero-order valence-electron chi connectivity index (χ0n) is 10.3. The normalized spacial score (nSPS) is 14.7. The van der Waals surface area contributed by atoms with E-state index in [9.17, 15) is 13.2 Å². The molecule has 1 N–H and O–H groups in total. The van der Waals surface area contributed by atoms with Crippen molar-refractivity contribution in [1.29, 1.82) is 0 Å². The molecule has 1 aromatic heterocycles. The third-order valence-corrected chi connectivity index (χ3v) is 2.99. The topological polar surface area (TPSA) is 29.9 Å². The Bertz CT molecular complexity index is 632. The SMILES string of the molecule is Cc1cn(-c2cc(F)c(F)cc2F)c(NC2CC2)n1. The van der Waals surface area contributed by atoms with Crippen molar-refractivity contribution in [1.82, 2.24) is 9.55 Å². The Morgan fingerprint density at radius 1 is 1.16 bits per heavy atom. The fourth-order valence-electron chi connectivity index (χ4n) is 1.89. The van der Waals surface area contributed by atoms with Crippen LogP contribution in [-0.2, 0) is 0 Å². The maximum absolute atomic E-state index is 13.8. The van der Waals surface area contributed by atoms with E-state index in [1.165, 1.54) is 4.57 Å². The molecule has 0 saturated heterocycles. The van der Waals surface area contributed by atoms with Crippen molar-refractivity contribution in [2.45, 2.75) is 25.8 Å². The molecule has 1 saturated carbocycles. The van der Waals surface area contributed by atoms with Gasteiger partial charge in [0.1, 0.15) is 5.82 Å². The van der Waals surface area contributed by atoms with Crippen LogP contribution >= 0.6 is 0 Å². The first-order valence-electron chi connectivity index (χ1n) is 6.02. The molecular weight excluding hydrogens is 255 g/mol. The molecule has 2 aromatic rings. The average molecular weight is 267 g/mol. The van der Waals surface area contributed by atoms with Gasteiger partial charge in [0.15, 0.2) is 11.6 Å². The summed E-state index contributed by atoms with van der Waals surface area (Å²) < 4.78 is 41.4. The van der Waals surface area contributed by atoms with Gasteiger partial charge in [-0.15, -0.1) is 0 Å². The number of halogens is 3. The molecule has 3 rings (SSSR count). The molecule has 3 nitrogen and oxygen atoms in total. The molecule has 1 aromatic carbocycles. The Kier molecular flexibility index (Phi) is 2.73. The van der Waals surface area contributed by atoms with E-state index in [4.69, 9.17) is 0 Å². The highest BCUT2D eigenvalue weighted by molar-refractivity contribution is 5.45. The van der Waals surface area contributed by atoms with E-state index in [1.54, 1.807) is 13.1 Å². The van der Waals surface area contributed by atoms with Crippen molar-refractivity contribution >= 4 is 5.95 Å². The molecular formula is C13H12F3N3. The summed E-state index contributed by atoms with van der Waals surface area (Å²) in [4.78, 5) is 4.23. The predicted molar refractivity (Wildman–Crippen MR) is 64.8 cm³/mol. The lowest BCUT2D eigenvalue weighted by Gasteiger charge is -2.10. The minimum Gasteiger partial charge on any atom is -0.353 e. The van der Waals surface area contributed by atoms with E-state index in [0.29, 0.717) is 23.8 Å². The molecule has 1 fully saturated rings. The van der Waals surface area contributed by atoms with Crippen LogP contribution in [0, 0.1) is 24.4 Å². The van der Waals surface area contributed by atoms with Gasteiger partial charge in [-0.2, -0.15) is 0 Å². The molecule has 0 amide bonds. The Hall–Kier alpha value is -1.98. The van der Waals surface area contributed by atoms with Gasteiger partial charge in [0.05, 0.1) is 11.4 Å². The summed E-state index contributed by atoms with van der Waals surface area (Å²) in [5.74, 6) is -2.66. The molecule has 1 aliphatic carbocycles. The second kappa shape index (κ2) is 4.29. The van der Waals surface area contributed by atoms with E-state index < -0.39 is 17.5 Å². The summed E-state index contributed by atoms with van der Waals surface area (Å²) in [5, 5.41) is 3.13. The lowest BCUT2D eigenvalue weighted by atomic mass is 10.3. The van der Waals surface area contributed by atoms with Crippen LogP contribution in [0.25, 0.3) is 5.69 Å². The van der Waals surface area contributed by atoms with Gasteiger partial charge in [0, 0.05) is 24.4 Å². The first-order chi connectivity index (χ1) is 9.04. The summed E-state index contributed by atoms with van der Waals surface area (Å²) in [7, 11) is 0. The highest BCUT2D eigenvalue weighted by Gasteiger charge is 2.24. The van der Waals surface area contributed by atoms with Crippen molar-refractivity contribution in [3.63, 3.8) is 0 Å². The van der Waals surface area contributed by atoms with Crippen LogP contribution in [0.15, 0.2) is 18.3 Å². The molecule has 0 bridgehead atoms. The number of anilines is 1. The van der Waals surface area contributed by atoms with Gasteiger partial charge >= 0.3 is 0 Å². The van der Waals surface area contributed by atoms with Gasteiger partial charge in [-0.1, -0.05) is 0 Å². The summed E-state index contributed by atoms with van der Waals surface area (Å²) in [6.07, 6.45) is 3.65. The first-order valence-corrected chi connectivity index (χ1v) is 6.02. The lowest BCUT2D eigenvalue weighted by molar-refractivity contribution is 0.493. The molecule has 6 heteroatoms. The van der Waals surface area contributed by atoms with E-state index in [1.807, 2.05) is 0 Å². The van der Waals surface area contributed by atoms with Crippen LogP contribution < -0.4 is 5.32 Å². The molecule has 1 aliphatic rings. The highest BCUT2D eigenvalue weighted by Crippen LogP contribution is 2.27. The summed E-state index contributed by atoms with van der Waals surface area (Å²) >= 11 is 0. The third kappa shape index (κ3) is 2.30. The number of hydrogen-bond acceptors (Lipinski definition) is 2. The third-order valence-electron chi connectivity index (χ3n) is 2.99. The number of aryl methyl sites for hydroxylation is 1. The zero-order chi connectivity index (χ0) is 13.6. The number of nitrogens with one attached hydrogen (secondary N) is 1. The van der Waals surface area contributed by atoms with Crippen LogP contribution in [0.2, 0.25) is 0 Å². The van der Waals surface area contributed by atoms with E-state index >= 15 is 0 Å². The summed E-state index contributed by atoms with van der Waals surface area (Å²) in [6, 6.07) is 1.71. The summed E-state index contributed by atoms with van der Waals surface area (Å²) in [6.45, 7) is 1.76. The van der Waals surface area contributed by atoms with E-state index in [0.717, 1.165) is 18.9 Å². The Morgan fingerprint density at radius 3 is 2.53 bits per heavy atom. The maximum Gasteiger partial charge on any atom is 0.208 e. The molecule has 0 aliphatic heterocycles. The van der Waals surface area contributed by atoms with Gasteiger partial charge < -0.3 is 5.32 Å². The molecule has 0 spiro atoms. The second-order valence-electron chi connectivity index (χ2n) is 4.71.